The summed E-state index contributed by atoms with van der Waals surface area (Å²) in [6.45, 7) is 1.90. The van der Waals surface area contributed by atoms with Crippen LogP contribution in [0, 0.1) is 0 Å². The van der Waals surface area contributed by atoms with Gasteiger partial charge in [-0.05, 0) is 28.2 Å². The Labute approximate surface area is 103 Å². The molecule has 7 heteroatoms. The molecule has 0 spiro atoms. The summed E-state index contributed by atoms with van der Waals surface area (Å²) in [7, 11) is -3.64. The van der Waals surface area contributed by atoms with E-state index in [2.05, 4.69) is 14.9 Å². The fourth-order valence-electron chi connectivity index (χ4n) is 1.27. The molecule has 1 aromatic carbocycles. The fourth-order valence-corrected chi connectivity index (χ4v) is 3.44. The van der Waals surface area contributed by atoms with Gasteiger partial charge in [-0.2, -0.15) is 0 Å². The van der Waals surface area contributed by atoms with Crippen molar-refractivity contribution in [2.75, 3.05) is 5.75 Å². The lowest BCUT2D eigenvalue weighted by Crippen LogP contribution is -2.03. The van der Waals surface area contributed by atoms with Crippen molar-refractivity contribution in [2.45, 2.75) is 21.9 Å². The zero-order valence-corrected chi connectivity index (χ0v) is 10.7. The van der Waals surface area contributed by atoms with E-state index in [0.717, 1.165) is 0 Å². The first-order valence-electron chi connectivity index (χ1n) is 4.91. The number of nitrogens with zero attached hydrogens (tertiary/aromatic N) is 2. The van der Waals surface area contributed by atoms with E-state index in [1.54, 1.807) is 18.2 Å². The van der Waals surface area contributed by atoms with Gasteiger partial charge in [-0.15, -0.1) is 11.8 Å². The number of rotatable bonds is 4. The van der Waals surface area contributed by atoms with Gasteiger partial charge in [0.15, 0.2) is 5.03 Å². The van der Waals surface area contributed by atoms with E-state index in [1.165, 1.54) is 23.9 Å². The van der Waals surface area contributed by atoms with Gasteiger partial charge < -0.3 is 0 Å². The van der Waals surface area contributed by atoms with Crippen LogP contribution in [0.1, 0.15) is 6.92 Å². The molecule has 0 aliphatic heterocycles. The van der Waals surface area contributed by atoms with Crippen molar-refractivity contribution in [2.24, 2.45) is 0 Å². The molecule has 0 aliphatic rings. The van der Waals surface area contributed by atoms with Gasteiger partial charge in [0.2, 0.25) is 14.9 Å². The molecule has 0 aliphatic carbocycles. The van der Waals surface area contributed by atoms with Gasteiger partial charge >= 0.3 is 0 Å². The minimum atomic E-state index is -3.64. The number of hydrogen-bond acceptors (Lipinski definition) is 6. The molecule has 0 radical (unpaired) electrons. The Morgan fingerprint density at radius 3 is 2.59 bits per heavy atom. The third-order valence-corrected chi connectivity index (χ3v) is 4.65. The molecule has 0 N–H and O–H groups in total. The molecule has 17 heavy (non-hydrogen) atoms. The van der Waals surface area contributed by atoms with E-state index >= 15 is 0 Å². The van der Waals surface area contributed by atoms with Crippen molar-refractivity contribution in [3.63, 3.8) is 0 Å². The summed E-state index contributed by atoms with van der Waals surface area (Å²) in [5.41, 5.74) is 0. The van der Waals surface area contributed by atoms with Crippen molar-refractivity contribution in [3.05, 3.63) is 30.3 Å². The van der Waals surface area contributed by atoms with Gasteiger partial charge in [0, 0.05) is 0 Å². The first-order valence-corrected chi connectivity index (χ1v) is 7.38. The van der Waals surface area contributed by atoms with Crippen LogP contribution in [0.4, 0.5) is 0 Å². The fraction of sp³-hybridized carbons (Fsp3) is 0.200. The van der Waals surface area contributed by atoms with E-state index in [9.17, 15) is 8.42 Å². The monoisotopic (exact) mass is 270 g/mol. The standard InChI is InChI=1S/C10H10N2O3S2/c1-2-16-9-10(12-15-11-9)17(13,14)8-6-4-3-5-7-8/h3-7H,2H2,1H3. The van der Waals surface area contributed by atoms with Crippen molar-refractivity contribution in [1.82, 2.24) is 10.3 Å². The van der Waals surface area contributed by atoms with Gasteiger partial charge in [0.05, 0.1) is 4.90 Å². The Balaban J connectivity index is 2.49. The van der Waals surface area contributed by atoms with Crippen LogP contribution in [0.25, 0.3) is 0 Å². The molecule has 0 unspecified atom stereocenters. The Bertz CT molecular complexity index is 593. The molecule has 2 aromatic rings. The molecule has 0 saturated carbocycles. The third-order valence-electron chi connectivity index (χ3n) is 2.02. The highest BCUT2D eigenvalue weighted by Gasteiger charge is 2.26. The quantitative estimate of drug-likeness (QED) is 0.791. The van der Waals surface area contributed by atoms with E-state index in [4.69, 9.17) is 0 Å². The second-order valence-corrected chi connectivity index (χ2v) is 6.24. The maximum Gasteiger partial charge on any atom is 0.237 e. The predicted octanol–water partition coefficient (Wildman–Crippen LogP) is 2.01. The van der Waals surface area contributed by atoms with Crippen LogP contribution in [0.3, 0.4) is 0 Å². The molecular formula is C10H10N2O3S2. The summed E-state index contributed by atoms with van der Waals surface area (Å²) in [5.74, 6) is 0.700. The average molecular weight is 270 g/mol. The van der Waals surface area contributed by atoms with E-state index in [-0.39, 0.29) is 9.92 Å². The predicted molar refractivity (Wildman–Crippen MR) is 62.6 cm³/mol. The molecule has 90 valence electrons. The maximum atomic E-state index is 12.2. The molecule has 0 amide bonds. The number of hydrogen-bond donors (Lipinski definition) is 0. The first-order chi connectivity index (χ1) is 8.16. The summed E-state index contributed by atoms with van der Waals surface area (Å²) >= 11 is 1.28. The van der Waals surface area contributed by atoms with Crippen molar-refractivity contribution in [3.8, 4) is 0 Å². The van der Waals surface area contributed by atoms with Gasteiger partial charge in [0.1, 0.15) is 0 Å². The number of sulfone groups is 1. The molecule has 1 heterocycles. The third kappa shape index (κ3) is 2.34. The van der Waals surface area contributed by atoms with Crippen molar-refractivity contribution >= 4 is 21.6 Å². The molecule has 0 bridgehead atoms. The highest BCUT2D eigenvalue weighted by molar-refractivity contribution is 8.00. The lowest BCUT2D eigenvalue weighted by Gasteiger charge is -2.00. The maximum absolute atomic E-state index is 12.2. The highest BCUT2D eigenvalue weighted by atomic mass is 32.2. The molecule has 2 rings (SSSR count). The summed E-state index contributed by atoms with van der Waals surface area (Å²) in [6.07, 6.45) is 0. The Morgan fingerprint density at radius 2 is 1.94 bits per heavy atom. The Hall–Kier alpha value is -1.34. The second-order valence-electron chi connectivity index (χ2n) is 3.12. The lowest BCUT2D eigenvalue weighted by atomic mass is 10.4. The minimum Gasteiger partial charge on any atom is -0.242 e. The normalized spacial score (nSPS) is 11.6. The minimum absolute atomic E-state index is 0.115. The van der Waals surface area contributed by atoms with E-state index < -0.39 is 9.84 Å². The summed E-state index contributed by atoms with van der Waals surface area (Å²) in [4.78, 5) is 0.189. The number of benzene rings is 1. The first kappa shape index (κ1) is 12.1. The smallest absolute Gasteiger partial charge is 0.237 e. The van der Waals surface area contributed by atoms with Gasteiger partial charge in [-0.25, -0.2) is 13.0 Å². The molecule has 0 fully saturated rings. The van der Waals surface area contributed by atoms with Gasteiger partial charge in [-0.3, -0.25) is 0 Å². The van der Waals surface area contributed by atoms with Gasteiger partial charge in [-0.1, -0.05) is 25.1 Å². The average Bonchev–Trinajstić information content (AvgIpc) is 2.80. The van der Waals surface area contributed by atoms with Crippen LogP contribution >= 0.6 is 11.8 Å². The topological polar surface area (TPSA) is 73.1 Å². The van der Waals surface area contributed by atoms with Crippen molar-refractivity contribution < 1.29 is 13.0 Å². The van der Waals surface area contributed by atoms with Crippen LogP contribution in [0.2, 0.25) is 0 Å². The largest absolute Gasteiger partial charge is 0.242 e. The van der Waals surface area contributed by atoms with Crippen LogP contribution < -0.4 is 0 Å². The zero-order chi connectivity index (χ0) is 12.3. The zero-order valence-electron chi connectivity index (χ0n) is 9.03. The van der Waals surface area contributed by atoms with Crippen LogP contribution in [0.15, 0.2) is 49.9 Å². The van der Waals surface area contributed by atoms with E-state index in [0.29, 0.717) is 10.8 Å². The van der Waals surface area contributed by atoms with Crippen LogP contribution in [-0.4, -0.2) is 24.5 Å². The Kier molecular flexibility index (Phi) is 3.49. The van der Waals surface area contributed by atoms with Gasteiger partial charge in [0.25, 0.3) is 0 Å². The molecular weight excluding hydrogens is 260 g/mol. The highest BCUT2D eigenvalue weighted by Crippen LogP contribution is 2.27. The lowest BCUT2D eigenvalue weighted by molar-refractivity contribution is 0.291. The summed E-state index contributed by atoms with van der Waals surface area (Å²) in [5, 5.41) is 7.27. The molecule has 1 aromatic heterocycles. The van der Waals surface area contributed by atoms with Crippen molar-refractivity contribution in [1.29, 1.82) is 0 Å². The van der Waals surface area contributed by atoms with Crippen LogP contribution in [-0.2, 0) is 9.84 Å². The molecule has 0 atom stereocenters. The number of thioether (sulfide) groups is 1. The number of aromatic nitrogens is 2. The molecule has 5 nitrogen and oxygen atoms in total. The van der Waals surface area contributed by atoms with E-state index in [1.807, 2.05) is 6.92 Å². The summed E-state index contributed by atoms with van der Waals surface area (Å²) < 4.78 is 28.9. The second kappa shape index (κ2) is 4.89. The van der Waals surface area contributed by atoms with Crippen LogP contribution in [0.5, 0.6) is 0 Å². The SMILES string of the molecule is CCSc1nonc1S(=O)(=O)c1ccccc1. The molecule has 0 saturated heterocycles. The Morgan fingerprint density at radius 1 is 1.24 bits per heavy atom. The summed E-state index contributed by atoms with van der Waals surface area (Å²) in [6, 6.07) is 8.11.